The van der Waals surface area contributed by atoms with Crippen molar-refractivity contribution in [1.29, 1.82) is 0 Å². The highest BCUT2D eigenvalue weighted by Gasteiger charge is 2.06. The van der Waals surface area contributed by atoms with E-state index in [1.807, 2.05) is 36.5 Å². The Morgan fingerprint density at radius 3 is 2.83 bits per heavy atom. The van der Waals surface area contributed by atoms with Crippen molar-refractivity contribution in [2.75, 3.05) is 0 Å². The molecule has 0 aliphatic heterocycles. The van der Waals surface area contributed by atoms with E-state index in [0.717, 1.165) is 23.0 Å². The van der Waals surface area contributed by atoms with Gasteiger partial charge in [-0.05, 0) is 18.2 Å². The summed E-state index contributed by atoms with van der Waals surface area (Å²) in [5, 5.41) is 5.14. The molecule has 5 nitrogen and oxygen atoms in total. The number of hydrogen-bond acceptors (Lipinski definition) is 3. The summed E-state index contributed by atoms with van der Waals surface area (Å²) in [5.74, 6) is -0.265. The number of allylic oxidation sites excluding steroid dienone is 1. The van der Waals surface area contributed by atoms with Gasteiger partial charge in [-0.2, -0.15) is 5.10 Å². The standard InChI is InChI=1S/C18H16N4O/c1-2-11-22-13-15(16-5-3-4-6-17(16)22)12-20-21-18(23)14-7-9-19-10-8-14/h2-10,12-13H,1,11H2,(H,21,23)/b20-12-. The number of hydrogen-bond donors (Lipinski definition) is 1. The molecule has 23 heavy (non-hydrogen) atoms. The number of carbonyl (C=O) groups is 1. The van der Waals surface area contributed by atoms with E-state index in [1.54, 1.807) is 30.7 Å². The van der Waals surface area contributed by atoms with E-state index in [9.17, 15) is 4.79 Å². The van der Waals surface area contributed by atoms with Crippen LogP contribution in [0.25, 0.3) is 10.9 Å². The molecule has 0 aliphatic rings. The molecule has 5 heteroatoms. The zero-order valence-electron chi connectivity index (χ0n) is 12.5. The number of pyridine rings is 1. The second kappa shape index (κ2) is 6.70. The van der Waals surface area contributed by atoms with Gasteiger partial charge in [-0.15, -0.1) is 6.58 Å². The number of benzene rings is 1. The van der Waals surface area contributed by atoms with Crippen molar-refractivity contribution in [2.45, 2.75) is 6.54 Å². The summed E-state index contributed by atoms with van der Waals surface area (Å²) in [5.41, 5.74) is 5.09. The van der Waals surface area contributed by atoms with Gasteiger partial charge in [0.25, 0.3) is 5.91 Å². The number of para-hydroxylation sites is 1. The molecule has 114 valence electrons. The Morgan fingerprint density at radius 1 is 1.26 bits per heavy atom. The first kappa shape index (κ1) is 14.7. The van der Waals surface area contributed by atoms with E-state index in [2.05, 4.69) is 26.7 Å². The lowest BCUT2D eigenvalue weighted by Gasteiger charge is -1.98. The van der Waals surface area contributed by atoms with Gasteiger partial charge in [-0.1, -0.05) is 24.3 Å². The predicted molar refractivity (Wildman–Crippen MR) is 91.4 cm³/mol. The molecule has 0 fully saturated rings. The molecule has 1 aromatic carbocycles. The quantitative estimate of drug-likeness (QED) is 0.447. The van der Waals surface area contributed by atoms with Gasteiger partial charge in [0.15, 0.2) is 0 Å². The molecule has 2 heterocycles. The number of nitrogens with zero attached hydrogens (tertiary/aromatic N) is 3. The number of amides is 1. The molecule has 2 aromatic heterocycles. The third-order valence-corrected chi connectivity index (χ3v) is 3.46. The SMILES string of the molecule is C=CCn1cc(/C=N\NC(=O)c2ccncc2)c2ccccc21. The second-order valence-electron chi connectivity index (χ2n) is 4.98. The lowest BCUT2D eigenvalue weighted by atomic mass is 10.2. The van der Waals surface area contributed by atoms with E-state index in [0.29, 0.717) is 5.56 Å². The number of carbonyl (C=O) groups excluding carboxylic acids is 1. The molecule has 1 amide bonds. The summed E-state index contributed by atoms with van der Waals surface area (Å²) in [7, 11) is 0. The minimum absolute atomic E-state index is 0.265. The lowest BCUT2D eigenvalue weighted by Crippen LogP contribution is -2.17. The van der Waals surface area contributed by atoms with Crippen LogP contribution in [0.1, 0.15) is 15.9 Å². The number of fused-ring (bicyclic) bond motifs is 1. The third kappa shape index (κ3) is 3.18. The van der Waals surface area contributed by atoms with Crippen LogP contribution >= 0.6 is 0 Å². The lowest BCUT2D eigenvalue weighted by molar-refractivity contribution is 0.0955. The summed E-state index contributed by atoms with van der Waals surface area (Å²) < 4.78 is 2.09. The number of rotatable bonds is 5. The van der Waals surface area contributed by atoms with Crippen LogP contribution in [0.5, 0.6) is 0 Å². The van der Waals surface area contributed by atoms with Gasteiger partial charge in [0.05, 0.1) is 6.21 Å². The smallest absolute Gasteiger partial charge is 0.271 e. The predicted octanol–water partition coefficient (Wildman–Crippen LogP) is 2.99. The highest BCUT2D eigenvalue weighted by Crippen LogP contribution is 2.19. The van der Waals surface area contributed by atoms with E-state index in [4.69, 9.17) is 0 Å². The summed E-state index contributed by atoms with van der Waals surface area (Å²) in [6.07, 6.45) is 8.64. The van der Waals surface area contributed by atoms with Gasteiger partial charge in [-0.25, -0.2) is 5.43 Å². The second-order valence-corrected chi connectivity index (χ2v) is 4.98. The molecule has 0 unspecified atom stereocenters. The molecule has 0 saturated heterocycles. The summed E-state index contributed by atoms with van der Waals surface area (Å²) >= 11 is 0. The van der Waals surface area contributed by atoms with E-state index in [-0.39, 0.29) is 5.91 Å². The Morgan fingerprint density at radius 2 is 2.04 bits per heavy atom. The van der Waals surface area contributed by atoms with Gasteiger partial charge < -0.3 is 4.57 Å². The van der Waals surface area contributed by atoms with Crippen molar-refractivity contribution in [3.63, 3.8) is 0 Å². The Hall–Kier alpha value is -3.21. The number of nitrogens with one attached hydrogen (secondary N) is 1. The maximum atomic E-state index is 11.9. The molecule has 1 N–H and O–H groups in total. The molecule has 3 aromatic rings. The normalized spacial score (nSPS) is 11.0. The first-order valence-corrected chi connectivity index (χ1v) is 7.22. The van der Waals surface area contributed by atoms with Crippen molar-refractivity contribution in [2.24, 2.45) is 5.10 Å². The van der Waals surface area contributed by atoms with Gasteiger partial charge in [0.2, 0.25) is 0 Å². The molecule has 0 spiro atoms. The first-order chi connectivity index (χ1) is 11.3. The Kier molecular flexibility index (Phi) is 4.29. The van der Waals surface area contributed by atoms with E-state index < -0.39 is 0 Å². The van der Waals surface area contributed by atoms with Gasteiger partial charge in [0, 0.05) is 47.2 Å². The minimum atomic E-state index is -0.265. The van der Waals surface area contributed by atoms with Crippen LogP contribution in [-0.2, 0) is 6.54 Å². The van der Waals surface area contributed by atoms with Crippen LogP contribution < -0.4 is 5.43 Å². The average Bonchev–Trinajstić information content (AvgIpc) is 2.94. The molecule has 0 aliphatic carbocycles. The van der Waals surface area contributed by atoms with Gasteiger partial charge in [-0.3, -0.25) is 9.78 Å². The van der Waals surface area contributed by atoms with Gasteiger partial charge in [0.1, 0.15) is 0 Å². The van der Waals surface area contributed by atoms with Crippen molar-refractivity contribution in [1.82, 2.24) is 15.0 Å². The molecule has 3 rings (SSSR count). The van der Waals surface area contributed by atoms with Crippen LogP contribution in [0, 0.1) is 0 Å². The van der Waals surface area contributed by atoms with Crippen molar-refractivity contribution >= 4 is 23.0 Å². The topological polar surface area (TPSA) is 59.3 Å². The summed E-state index contributed by atoms with van der Waals surface area (Å²) in [6.45, 7) is 4.49. The Bertz CT molecular complexity index is 865. The highest BCUT2D eigenvalue weighted by molar-refractivity contribution is 6.00. The maximum absolute atomic E-state index is 11.9. The summed E-state index contributed by atoms with van der Waals surface area (Å²) in [4.78, 5) is 15.8. The number of aromatic nitrogens is 2. The van der Waals surface area contributed by atoms with E-state index >= 15 is 0 Å². The van der Waals surface area contributed by atoms with Crippen molar-refractivity contribution < 1.29 is 4.79 Å². The zero-order valence-corrected chi connectivity index (χ0v) is 12.5. The zero-order chi connectivity index (χ0) is 16.1. The average molecular weight is 304 g/mol. The number of hydrazone groups is 1. The fourth-order valence-electron chi connectivity index (χ4n) is 2.40. The molecule has 0 atom stereocenters. The molecular formula is C18H16N4O. The van der Waals surface area contributed by atoms with Crippen molar-refractivity contribution in [3.8, 4) is 0 Å². The summed E-state index contributed by atoms with van der Waals surface area (Å²) in [6, 6.07) is 11.3. The minimum Gasteiger partial charge on any atom is -0.343 e. The van der Waals surface area contributed by atoms with Crippen LogP contribution in [-0.4, -0.2) is 21.7 Å². The Balaban J connectivity index is 1.81. The van der Waals surface area contributed by atoms with E-state index in [1.165, 1.54) is 0 Å². The van der Waals surface area contributed by atoms with Crippen molar-refractivity contribution in [3.05, 3.63) is 78.8 Å². The molecule has 0 saturated carbocycles. The monoisotopic (exact) mass is 304 g/mol. The fourth-order valence-corrected chi connectivity index (χ4v) is 2.40. The third-order valence-electron chi connectivity index (χ3n) is 3.46. The fraction of sp³-hybridized carbons (Fsp3) is 0.0556. The first-order valence-electron chi connectivity index (χ1n) is 7.22. The Labute approximate surface area is 134 Å². The van der Waals surface area contributed by atoms with Crippen LogP contribution in [0.15, 0.2) is 72.7 Å². The van der Waals surface area contributed by atoms with Crippen LogP contribution in [0.4, 0.5) is 0 Å². The molecule has 0 bridgehead atoms. The maximum Gasteiger partial charge on any atom is 0.271 e. The highest BCUT2D eigenvalue weighted by atomic mass is 16.2. The van der Waals surface area contributed by atoms with Crippen LogP contribution in [0.3, 0.4) is 0 Å². The van der Waals surface area contributed by atoms with Crippen LogP contribution in [0.2, 0.25) is 0 Å². The largest absolute Gasteiger partial charge is 0.343 e. The van der Waals surface area contributed by atoms with Gasteiger partial charge >= 0.3 is 0 Å². The molecule has 0 radical (unpaired) electrons. The molecular weight excluding hydrogens is 288 g/mol.